The molecule has 0 radical (unpaired) electrons. The van der Waals surface area contributed by atoms with Crippen LogP contribution in [0.15, 0.2) is 24.3 Å². The summed E-state index contributed by atoms with van der Waals surface area (Å²) in [6.45, 7) is 2.55. The first-order chi connectivity index (χ1) is 9.98. The molecule has 5 amide bonds. The molecule has 1 spiro atoms. The van der Waals surface area contributed by atoms with Crippen LogP contribution in [0.5, 0.6) is 0 Å². The largest absolute Gasteiger partial charge is 0.322 e. The summed E-state index contributed by atoms with van der Waals surface area (Å²) in [7, 11) is 0. The van der Waals surface area contributed by atoms with Gasteiger partial charge in [0.2, 0.25) is 0 Å². The summed E-state index contributed by atoms with van der Waals surface area (Å²) in [5.41, 5.74) is 0.787. The molecular formula is C14H16N4O3. The molecule has 0 aliphatic carbocycles. The van der Waals surface area contributed by atoms with Gasteiger partial charge in [0, 0.05) is 12.2 Å². The number of anilines is 1. The number of carbonyl (C=O) groups is 3. The number of hydrogen-bond donors (Lipinski definition) is 3. The van der Waals surface area contributed by atoms with Gasteiger partial charge in [-0.1, -0.05) is 12.1 Å². The van der Waals surface area contributed by atoms with Crippen LogP contribution >= 0.6 is 0 Å². The van der Waals surface area contributed by atoms with Crippen molar-refractivity contribution in [1.82, 2.24) is 15.5 Å². The highest BCUT2D eigenvalue weighted by Crippen LogP contribution is 2.25. The van der Waals surface area contributed by atoms with Crippen molar-refractivity contribution in [2.24, 2.45) is 0 Å². The van der Waals surface area contributed by atoms with Crippen LogP contribution in [0.4, 0.5) is 15.3 Å². The third-order valence-corrected chi connectivity index (χ3v) is 3.84. The van der Waals surface area contributed by atoms with E-state index in [9.17, 15) is 14.4 Å². The highest BCUT2D eigenvalue weighted by atomic mass is 16.2. The maximum absolute atomic E-state index is 12.2. The van der Waals surface area contributed by atoms with Gasteiger partial charge in [0.25, 0.3) is 5.91 Å². The van der Waals surface area contributed by atoms with Crippen LogP contribution in [0.2, 0.25) is 0 Å². The average molecular weight is 288 g/mol. The van der Waals surface area contributed by atoms with Crippen LogP contribution in [-0.4, -0.2) is 41.5 Å². The molecular weight excluding hydrogens is 272 g/mol. The molecule has 1 aromatic carbocycles. The number of urea groups is 2. The Balaban J connectivity index is 1.67. The molecule has 2 aliphatic heterocycles. The fourth-order valence-corrected chi connectivity index (χ4v) is 2.72. The molecule has 7 heteroatoms. The van der Waals surface area contributed by atoms with E-state index in [0.29, 0.717) is 18.7 Å². The van der Waals surface area contributed by atoms with Gasteiger partial charge in [-0.05, 0) is 31.0 Å². The van der Waals surface area contributed by atoms with Crippen molar-refractivity contribution in [2.75, 3.05) is 18.4 Å². The van der Waals surface area contributed by atoms with Crippen LogP contribution in [0.25, 0.3) is 0 Å². The highest BCUT2D eigenvalue weighted by Gasteiger charge is 2.51. The van der Waals surface area contributed by atoms with Crippen molar-refractivity contribution in [2.45, 2.75) is 18.9 Å². The molecule has 3 rings (SSSR count). The Labute approximate surface area is 121 Å². The SMILES string of the molecule is Cc1cccc(NC(=O)N2CCC3(C2)NC(=O)NC3=O)c1. The number of amides is 5. The molecule has 21 heavy (non-hydrogen) atoms. The lowest BCUT2D eigenvalue weighted by atomic mass is 10.00. The molecule has 2 heterocycles. The minimum absolute atomic E-state index is 0.183. The summed E-state index contributed by atoms with van der Waals surface area (Å²) >= 11 is 0. The van der Waals surface area contributed by atoms with Crippen LogP contribution in [0, 0.1) is 6.92 Å². The van der Waals surface area contributed by atoms with Gasteiger partial charge in [-0.25, -0.2) is 9.59 Å². The Morgan fingerprint density at radius 3 is 2.86 bits per heavy atom. The maximum atomic E-state index is 12.2. The molecule has 110 valence electrons. The first kappa shape index (κ1) is 13.4. The lowest BCUT2D eigenvalue weighted by Gasteiger charge is -2.21. The molecule has 1 atom stereocenters. The predicted molar refractivity (Wildman–Crippen MR) is 75.8 cm³/mol. The third kappa shape index (κ3) is 2.42. The lowest BCUT2D eigenvalue weighted by molar-refractivity contribution is -0.123. The van der Waals surface area contributed by atoms with Gasteiger partial charge < -0.3 is 15.5 Å². The van der Waals surface area contributed by atoms with E-state index < -0.39 is 11.6 Å². The topological polar surface area (TPSA) is 90.5 Å². The van der Waals surface area contributed by atoms with E-state index >= 15 is 0 Å². The fraction of sp³-hybridized carbons (Fsp3) is 0.357. The normalized spacial score (nSPS) is 24.1. The first-order valence-corrected chi connectivity index (χ1v) is 6.75. The lowest BCUT2D eigenvalue weighted by Crippen LogP contribution is -2.50. The molecule has 2 fully saturated rings. The van der Waals surface area contributed by atoms with E-state index in [1.807, 2.05) is 25.1 Å². The van der Waals surface area contributed by atoms with E-state index in [0.717, 1.165) is 5.56 Å². The smallest absolute Gasteiger partial charge is 0.322 e. The van der Waals surface area contributed by atoms with Crippen LogP contribution < -0.4 is 16.0 Å². The van der Waals surface area contributed by atoms with Crippen molar-refractivity contribution < 1.29 is 14.4 Å². The van der Waals surface area contributed by atoms with E-state index in [2.05, 4.69) is 16.0 Å². The zero-order valence-electron chi connectivity index (χ0n) is 11.6. The summed E-state index contributed by atoms with van der Waals surface area (Å²) in [6.07, 6.45) is 0.422. The Hall–Kier alpha value is -2.57. The van der Waals surface area contributed by atoms with Crippen molar-refractivity contribution in [3.05, 3.63) is 29.8 Å². The van der Waals surface area contributed by atoms with Gasteiger partial charge >= 0.3 is 12.1 Å². The number of hydrogen-bond acceptors (Lipinski definition) is 3. The van der Waals surface area contributed by atoms with Gasteiger partial charge in [0.05, 0.1) is 6.54 Å². The molecule has 1 unspecified atom stereocenters. The third-order valence-electron chi connectivity index (χ3n) is 3.84. The number of likely N-dealkylation sites (tertiary alicyclic amines) is 1. The van der Waals surface area contributed by atoms with E-state index in [-0.39, 0.29) is 18.5 Å². The number of carbonyl (C=O) groups excluding carboxylic acids is 3. The number of nitrogens with one attached hydrogen (secondary N) is 3. The number of nitrogens with zero attached hydrogens (tertiary/aromatic N) is 1. The van der Waals surface area contributed by atoms with E-state index in [1.165, 1.54) is 4.90 Å². The number of rotatable bonds is 1. The van der Waals surface area contributed by atoms with Gasteiger partial charge in [0.1, 0.15) is 5.54 Å². The summed E-state index contributed by atoms with van der Waals surface area (Å²) < 4.78 is 0. The molecule has 1 aromatic rings. The van der Waals surface area contributed by atoms with E-state index in [4.69, 9.17) is 0 Å². The Morgan fingerprint density at radius 1 is 1.38 bits per heavy atom. The minimum Gasteiger partial charge on any atom is -0.322 e. The molecule has 2 saturated heterocycles. The fourth-order valence-electron chi connectivity index (χ4n) is 2.72. The van der Waals surface area contributed by atoms with Gasteiger partial charge in [-0.2, -0.15) is 0 Å². The standard InChI is InChI=1S/C14H16N4O3/c1-9-3-2-4-10(7-9)15-13(21)18-6-5-14(8-18)11(19)16-12(20)17-14/h2-4,7H,5-6,8H2,1H3,(H,15,21)(H2,16,17,19,20). The van der Waals surface area contributed by atoms with Crippen LogP contribution in [0.1, 0.15) is 12.0 Å². The molecule has 3 N–H and O–H groups in total. The maximum Gasteiger partial charge on any atom is 0.322 e. The molecule has 0 bridgehead atoms. The molecule has 2 aliphatic rings. The quantitative estimate of drug-likeness (QED) is 0.668. The summed E-state index contributed by atoms with van der Waals surface area (Å²) in [4.78, 5) is 36.8. The first-order valence-electron chi connectivity index (χ1n) is 6.75. The second-order valence-corrected chi connectivity index (χ2v) is 5.46. The second kappa shape index (κ2) is 4.76. The number of benzene rings is 1. The van der Waals surface area contributed by atoms with Crippen molar-refractivity contribution in [3.8, 4) is 0 Å². The zero-order chi connectivity index (χ0) is 15.0. The van der Waals surface area contributed by atoms with E-state index in [1.54, 1.807) is 6.07 Å². The molecule has 0 saturated carbocycles. The van der Waals surface area contributed by atoms with Gasteiger partial charge in [-0.3, -0.25) is 10.1 Å². The Morgan fingerprint density at radius 2 is 2.19 bits per heavy atom. The minimum atomic E-state index is -0.971. The summed E-state index contributed by atoms with van der Waals surface area (Å²) in [5.74, 6) is -0.363. The summed E-state index contributed by atoms with van der Waals surface area (Å²) in [6, 6.07) is 6.71. The van der Waals surface area contributed by atoms with Crippen molar-refractivity contribution in [3.63, 3.8) is 0 Å². The Bertz CT molecular complexity index is 630. The molecule has 7 nitrogen and oxygen atoms in total. The van der Waals surface area contributed by atoms with Crippen molar-refractivity contribution in [1.29, 1.82) is 0 Å². The van der Waals surface area contributed by atoms with Crippen LogP contribution in [-0.2, 0) is 4.79 Å². The number of aryl methyl sites for hydroxylation is 1. The second-order valence-electron chi connectivity index (χ2n) is 5.46. The highest BCUT2D eigenvalue weighted by molar-refractivity contribution is 6.08. The summed E-state index contributed by atoms with van der Waals surface area (Å²) in [5, 5.41) is 7.63. The monoisotopic (exact) mass is 288 g/mol. The molecule has 0 aromatic heterocycles. The van der Waals surface area contributed by atoms with Gasteiger partial charge in [-0.15, -0.1) is 0 Å². The van der Waals surface area contributed by atoms with Crippen LogP contribution in [0.3, 0.4) is 0 Å². The number of imide groups is 1. The van der Waals surface area contributed by atoms with Crippen molar-refractivity contribution >= 4 is 23.7 Å². The van der Waals surface area contributed by atoms with Gasteiger partial charge in [0.15, 0.2) is 0 Å². The average Bonchev–Trinajstić information content (AvgIpc) is 2.95. The Kier molecular flexibility index (Phi) is 3.04. The zero-order valence-corrected chi connectivity index (χ0v) is 11.6. The predicted octanol–water partition coefficient (Wildman–Crippen LogP) is 0.811.